The second-order valence-electron chi connectivity index (χ2n) is 12.2. The predicted octanol–water partition coefficient (Wildman–Crippen LogP) is 9.80. The molecule has 2 aliphatic rings. The van der Waals surface area contributed by atoms with Crippen molar-refractivity contribution in [2.24, 2.45) is 11.7 Å². The fourth-order valence-electron chi connectivity index (χ4n) is 5.41. The molecule has 2 aliphatic carbocycles. The molecule has 3 nitrogen and oxygen atoms in total. The maximum absolute atomic E-state index is 6.25. The maximum Gasteiger partial charge on any atom is 0.0331 e. The second-order valence-corrected chi connectivity index (χ2v) is 12.5. The number of allylic oxidation sites excluding steroid dienone is 8. The van der Waals surface area contributed by atoms with Crippen LogP contribution in [-0.2, 0) is 12.8 Å². The van der Waals surface area contributed by atoms with Crippen molar-refractivity contribution in [1.82, 2.24) is 10.2 Å². The van der Waals surface area contributed by atoms with Crippen molar-refractivity contribution >= 4 is 17.2 Å². The number of benzene rings is 1. The van der Waals surface area contributed by atoms with Gasteiger partial charge in [-0.15, -0.1) is 11.6 Å². The number of hydrogen-bond donors (Lipinski definition) is 2. The van der Waals surface area contributed by atoms with Gasteiger partial charge in [-0.2, -0.15) is 0 Å². The van der Waals surface area contributed by atoms with E-state index in [0.29, 0.717) is 11.8 Å². The Bertz CT molecular complexity index is 1140. The van der Waals surface area contributed by atoms with E-state index in [1.54, 1.807) is 0 Å². The van der Waals surface area contributed by atoms with Gasteiger partial charge in [-0.3, -0.25) is 0 Å². The van der Waals surface area contributed by atoms with E-state index < -0.39 is 0 Å². The summed E-state index contributed by atoms with van der Waals surface area (Å²) < 4.78 is 0. The molecule has 0 bridgehead atoms. The number of nitrogens with one attached hydrogen (secondary N) is 1. The summed E-state index contributed by atoms with van der Waals surface area (Å²) in [6, 6.07) is 7.03. The normalized spacial score (nSPS) is 16.3. The van der Waals surface area contributed by atoms with E-state index in [0.717, 1.165) is 45.4 Å². The van der Waals surface area contributed by atoms with E-state index in [4.69, 9.17) is 17.3 Å². The third kappa shape index (κ3) is 12.3. The van der Waals surface area contributed by atoms with Gasteiger partial charge in [-0.05, 0) is 98.9 Å². The molecule has 0 amide bonds. The van der Waals surface area contributed by atoms with Gasteiger partial charge in [0, 0.05) is 49.2 Å². The first-order valence-electron chi connectivity index (χ1n) is 16.6. The van der Waals surface area contributed by atoms with E-state index in [-0.39, 0.29) is 5.54 Å². The van der Waals surface area contributed by atoms with E-state index >= 15 is 0 Å². The number of likely N-dealkylation sites (N-methyl/N-ethyl adjacent to an activating group) is 1. The smallest absolute Gasteiger partial charge is 0.0331 e. The summed E-state index contributed by atoms with van der Waals surface area (Å²) in [4.78, 5) is 2.44. The highest BCUT2D eigenvalue weighted by atomic mass is 35.5. The number of hydrogen-bond acceptors (Lipinski definition) is 3. The summed E-state index contributed by atoms with van der Waals surface area (Å²) >= 11 is 6.01. The summed E-state index contributed by atoms with van der Waals surface area (Å²) in [6.07, 6.45) is 19.0. The monoisotopic (exact) mass is 607 g/mol. The molecule has 43 heavy (non-hydrogen) atoms. The molecule has 0 saturated carbocycles. The molecule has 0 radical (unpaired) electrons. The second kappa shape index (κ2) is 20.6. The summed E-state index contributed by atoms with van der Waals surface area (Å²) in [5.41, 5.74) is 16.6. The van der Waals surface area contributed by atoms with Crippen molar-refractivity contribution in [3.05, 3.63) is 100 Å². The molecule has 0 aliphatic heterocycles. The van der Waals surface area contributed by atoms with Crippen LogP contribution >= 0.6 is 11.6 Å². The molecule has 240 valence electrons. The summed E-state index contributed by atoms with van der Waals surface area (Å²) in [5, 5.41) is 3.58. The summed E-state index contributed by atoms with van der Waals surface area (Å²) in [6.45, 7) is 26.8. The van der Waals surface area contributed by atoms with Crippen LogP contribution in [0, 0.1) is 5.92 Å². The average Bonchev–Trinajstić information content (AvgIpc) is 2.97. The molecule has 1 atom stereocenters. The Labute approximate surface area is 270 Å². The van der Waals surface area contributed by atoms with E-state index in [1.165, 1.54) is 57.5 Å². The third-order valence-electron chi connectivity index (χ3n) is 7.24. The zero-order valence-corrected chi connectivity index (χ0v) is 29.7. The highest BCUT2D eigenvalue weighted by Crippen LogP contribution is 2.44. The first kappa shape index (κ1) is 38.7. The van der Waals surface area contributed by atoms with Crippen LogP contribution < -0.4 is 11.1 Å². The SMILES string of the molecule is C=C/C=C(C1=C2C=CC(N(CC)CC)=CC2Cc2cc(CCCCl)ccc21)\C(=C/C)CNCC(C)(C)N.CCC.CCC. The largest absolute Gasteiger partial charge is 0.372 e. The molecule has 0 aromatic heterocycles. The Kier molecular flexibility index (Phi) is 18.5. The number of fused-ring (bicyclic) bond motifs is 2. The van der Waals surface area contributed by atoms with E-state index in [2.05, 4.69) is 128 Å². The molecule has 0 spiro atoms. The lowest BCUT2D eigenvalue weighted by Gasteiger charge is -2.34. The highest BCUT2D eigenvalue weighted by molar-refractivity contribution is 6.17. The standard InChI is InChI=1S/C33H46ClN3.2C3H8/c1-7-12-29(25(8-2)22-36-23-33(5,6)35)32-30-16-14-24(13-11-18-34)19-26(30)20-27-21-28(15-17-31(27)32)37(9-3)10-4;2*1-3-2/h7-8,12,14-17,19,21,27,36H,1,9-11,13,18,20,22-23,35H2,2-6H3;2*3H2,1-2H3/b25-8-,29-12+;;. The van der Waals surface area contributed by atoms with Crippen molar-refractivity contribution in [3.63, 3.8) is 0 Å². The molecule has 4 heteroatoms. The average molecular weight is 608 g/mol. The molecule has 0 heterocycles. The predicted molar refractivity (Wildman–Crippen MR) is 195 cm³/mol. The van der Waals surface area contributed by atoms with E-state index in [1.807, 2.05) is 6.08 Å². The van der Waals surface area contributed by atoms with Crippen molar-refractivity contribution in [2.45, 2.75) is 100.0 Å². The number of rotatable bonds is 13. The zero-order valence-electron chi connectivity index (χ0n) is 29.0. The van der Waals surface area contributed by atoms with Gasteiger partial charge in [-0.25, -0.2) is 0 Å². The van der Waals surface area contributed by atoms with Gasteiger partial charge in [-0.1, -0.05) is 95.7 Å². The number of alkyl halides is 1. The van der Waals surface area contributed by atoms with Gasteiger partial charge in [0.25, 0.3) is 0 Å². The number of halogens is 1. The van der Waals surface area contributed by atoms with Crippen molar-refractivity contribution < 1.29 is 0 Å². The van der Waals surface area contributed by atoms with Crippen LogP contribution in [-0.4, -0.2) is 42.5 Å². The summed E-state index contributed by atoms with van der Waals surface area (Å²) in [7, 11) is 0. The Morgan fingerprint density at radius 1 is 1.09 bits per heavy atom. The molecule has 1 unspecified atom stereocenters. The Morgan fingerprint density at radius 3 is 2.28 bits per heavy atom. The van der Waals surface area contributed by atoms with Crippen molar-refractivity contribution in [3.8, 4) is 0 Å². The Balaban J connectivity index is 0.00000142. The van der Waals surface area contributed by atoms with Gasteiger partial charge in [0.05, 0.1) is 0 Å². The fraction of sp³-hybridized carbons (Fsp3) is 0.538. The zero-order chi connectivity index (χ0) is 32.4. The van der Waals surface area contributed by atoms with Gasteiger partial charge < -0.3 is 16.0 Å². The van der Waals surface area contributed by atoms with Crippen LogP contribution in [0.1, 0.15) is 98.3 Å². The summed E-state index contributed by atoms with van der Waals surface area (Å²) in [5.74, 6) is 1.04. The molecular weight excluding hydrogens is 546 g/mol. The molecule has 0 saturated heterocycles. The minimum atomic E-state index is -0.261. The Morgan fingerprint density at radius 2 is 1.74 bits per heavy atom. The minimum absolute atomic E-state index is 0.261. The van der Waals surface area contributed by atoms with Gasteiger partial charge in [0.1, 0.15) is 0 Å². The van der Waals surface area contributed by atoms with Crippen molar-refractivity contribution in [1.29, 1.82) is 0 Å². The van der Waals surface area contributed by atoms with Crippen LogP contribution in [0.2, 0.25) is 0 Å². The van der Waals surface area contributed by atoms with Crippen molar-refractivity contribution in [2.75, 3.05) is 32.1 Å². The topological polar surface area (TPSA) is 41.3 Å². The van der Waals surface area contributed by atoms with Crippen LogP contribution in [0.3, 0.4) is 0 Å². The van der Waals surface area contributed by atoms with Crippen LogP contribution in [0.5, 0.6) is 0 Å². The lowest BCUT2D eigenvalue weighted by Crippen LogP contribution is -2.43. The third-order valence-corrected chi connectivity index (χ3v) is 7.51. The van der Waals surface area contributed by atoms with Gasteiger partial charge in [0.15, 0.2) is 0 Å². The minimum Gasteiger partial charge on any atom is -0.372 e. The van der Waals surface area contributed by atoms with Crippen LogP contribution in [0.25, 0.3) is 5.57 Å². The fourth-order valence-corrected chi connectivity index (χ4v) is 5.54. The quantitative estimate of drug-likeness (QED) is 0.173. The maximum atomic E-state index is 6.25. The number of aryl methyl sites for hydroxylation is 1. The number of nitrogens with zero attached hydrogens (tertiary/aromatic N) is 1. The van der Waals surface area contributed by atoms with E-state index in [9.17, 15) is 0 Å². The molecule has 1 aromatic carbocycles. The number of nitrogens with two attached hydrogens (primary N) is 1. The van der Waals surface area contributed by atoms with Crippen LogP contribution in [0.15, 0.2) is 83.7 Å². The first-order chi connectivity index (χ1) is 20.6. The van der Waals surface area contributed by atoms with Crippen LogP contribution in [0.4, 0.5) is 0 Å². The van der Waals surface area contributed by atoms with Gasteiger partial charge in [0.2, 0.25) is 0 Å². The lowest BCUT2D eigenvalue weighted by molar-refractivity contribution is 0.389. The highest BCUT2D eigenvalue weighted by Gasteiger charge is 2.30. The molecule has 0 fully saturated rings. The Hall–Kier alpha value is -2.33. The molecule has 3 rings (SSSR count). The molecular formula is C39H62ClN3. The molecule has 1 aromatic rings. The van der Waals surface area contributed by atoms with Gasteiger partial charge >= 0.3 is 0 Å². The lowest BCUT2D eigenvalue weighted by atomic mass is 9.72. The molecule has 3 N–H and O–H groups in total. The first-order valence-corrected chi connectivity index (χ1v) is 17.2.